The van der Waals surface area contributed by atoms with E-state index in [0.717, 1.165) is 29.1 Å². The number of nitrogens with zero attached hydrogens (tertiary/aromatic N) is 3. The Labute approximate surface area is 180 Å². The van der Waals surface area contributed by atoms with Gasteiger partial charge >= 0.3 is 11.7 Å². The first-order chi connectivity index (χ1) is 14.9. The number of nitrogens with one attached hydrogen (secondary N) is 1. The van der Waals surface area contributed by atoms with E-state index in [2.05, 4.69) is 10.3 Å². The second-order valence-electron chi connectivity index (χ2n) is 6.93. The maximum Gasteiger partial charge on any atom is 0.341 e. The summed E-state index contributed by atoms with van der Waals surface area (Å²) < 4.78 is 19.0. The van der Waals surface area contributed by atoms with Gasteiger partial charge in [-0.15, -0.1) is 11.3 Å². The Balaban J connectivity index is 1.73. The van der Waals surface area contributed by atoms with Gasteiger partial charge < -0.3 is 10.1 Å². The fourth-order valence-corrected chi connectivity index (χ4v) is 4.53. The van der Waals surface area contributed by atoms with Crippen molar-refractivity contribution in [1.29, 1.82) is 0 Å². The summed E-state index contributed by atoms with van der Waals surface area (Å²) in [6.07, 6.45) is 0. The molecule has 1 aromatic heterocycles. The number of nitro benzene ring substituents is 1. The number of carbonyl (C=O) groups is 1. The molecule has 0 spiro atoms. The molecule has 0 aliphatic carbocycles. The van der Waals surface area contributed by atoms with E-state index >= 15 is 0 Å². The third-order valence-electron chi connectivity index (χ3n) is 5.04. The topological polar surface area (TPSA) is 107 Å². The smallest absolute Gasteiger partial charge is 0.341 e. The molecule has 0 bridgehead atoms. The number of rotatable bonds is 5. The summed E-state index contributed by atoms with van der Waals surface area (Å²) in [5, 5.41) is 16.5. The van der Waals surface area contributed by atoms with E-state index in [1.54, 1.807) is 14.0 Å². The number of ether oxygens (including phenoxy) is 1. The minimum Gasteiger partial charge on any atom is -0.497 e. The SMILES string of the molecule is COc1ccc(-c2csc(C3C(C)=NC(=O)NC3c3ccc(F)c([N+](=O)[O-])c3)n2)cc1. The fourth-order valence-electron chi connectivity index (χ4n) is 3.50. The monoisotopic (exact) mass is 440 g/mol. The van der Waals surface area contributed by atoms with Crippen molar-refractivity contribution in [2.24, 2.45) is 4.99 Å². The number of aromatic nitrogens is 1. The van der Waals surface area contributed by atoms with Gasteiger partial charge in [-0.25, -0.2) is 14.8 Å². The molecule has 2 heterocycles. The Morgan fingerprint density at radius 3 is 2.65 bits per heavy atom. The number of hydrogen-bond donors (Lipinski definition) is 1. The summed E-state index contributed by atoms with van der Waals surface area (Å²) in [5.41, 5.74) is 1.92. The molecule has 4 rings (SSSR count). The van der Waals surface area contributed by atoms with Gasteiger partial charge in [-0.2, -0.15) is 4.39 Å². The third-order valence-corrected chi connectivity index (χ3v) is 5.97. The van der Waals surface area contributed by atoms with E-state index in [0.29, 0.717) is 16.3 Å². The molecule has 10 heteroatoms. The van der Waals surface area contributed by atoms with E-state index in [1.165, 1.54) is 17.4 Å². The molecular formula is C21H17FN4O4S. The van der Waals surface area contributed by atoms with Crippen LogP contribution in [0.3, 0.4) is 0 Å². The molecule has 0 saturated carbocycles. The third kappa shape index (κ3) is 4.02. The minimum absolute atomic E-state index is 0.405. The number of carbonyl (C=O) groups excluding carboxylic acids is 1. The van der Waals surface area contributed by atoms with Crippen LogP contribution in [0.1, 0.15) is 29.5 Å². The van der Waals surface area contributed by atoms with Gasteiger partial charge in [0.25, 0.3) is 0 Å². The Morgan fingerprint density at radius 2 is 1.97 bits per heavy atom. The van der Waals surface area contributed by atoms with Crippen LogP contribution in [0, 0.1) is 15.9 Å². The zero-order chi connectivity index (χ0) is 22.1. The number of amides is 2. The van der Waals surface area contributed by atoms with Gasteiger partial charge in [0.2, 0.25) is 5.82 Å². The highest BCUT2D eigenvalue weighted by molar-refractivity contribution is 7.10. The van der Waals surface area contributed by atoms with Crippen molar-refractivity contribution in [3.05, 3.63) is 74.3 Å². The molecule has 3 aromatic rings. The first-order valence-electron chi connectivity index (χ1n) is 9.26. The summed E-state index contributed by atoms with van der Waals surface area (Å²) in [7, 11) is 1.59. The molecular weight excluding hydrogens is 423 g/mol. The van der Waals surface area contributed by atoms with Crippen LogP contribution in [-0.4, -0.2) is 28.8 Å². The average Bonchev–Trinajstić information content (AvgIpc) is 3.23. The Kier molecular flexibility index (Phi) is 5.47. The molecule has 2 unspecified atom stereocenters. The van der Waals surface area contributed by atoms with Crippen molar-refractivity contribution in [3.8, 4) is 17.0 Å². The minimum atomic E-state index is -0.936. The van der Waals surface area contributed by atoms with Crippen LogP contribution in [0.5, 0.6) is 5.75 Å². The normalized spacial score (nSPS) is 18.3. The lowest BCUT2D eigenvalue weighted by Gasteiger charge is -2.29. The fraction of sp³-hybridized carbons (Fsp3) is 0.190. The lowest BCUT2D eigenvalue weighted by Crippen LogP contribution is -2.38. The van der Waals surface area contributed by atoms with E-state index in [-0.39, 0.29) is 0 Å². The lowest BCUT2D eigenvalue weighted by molar-refractivity contribution is -0.387. The van der Waals surface area contributed by atoms with Gasteiger partial charge in [-0.1, -0.05) is 6.07 Å². The predicted octanol–water partition coefficient (Wildman–Crippen LogP) is 4.88. The van der Waals surface area contributed by atoms with Gasteiger partial charge in [-0.05, 0) is 42.8 Å². The molecule has 1 N–H and O–H groups in total. The van der Waals surface area contributed by atoms with Crippen LogP contribution >= 0.6 is 11.3 Å². The van der Waals surface area contributed by atoms with Gasteiger partial charge in [-0.3, -0.25) is 10.1 Å². The van der Waals surface area contributed by atoms with Crippen molar-refractivity contribution >= 4 is 28.8 Å². The van der Waals surface area contributed by atoms with E-state index < -0.39 is 34.4 Å². The Morgan fingerprint density at radius 1 is 1.23 bits per heavy atom. The number of methoxy groups -OCH3 is 1. The predicted molar refractivity (Wildman–Crippen MR) is 114 cm³/mol. The highest BCUT2D eigenvalue weighted by Gasteiger charge is 2.36. The molecule has 1 aliphatic rings. The molecule has 0 fully saturated rings. The molecule has 158 valence electrons. The van der Waals surface area contributed by atoms with Crippen LogP contribution in [0.2, 0.25) is 0 Å². The van der Waals surface area contributed by atoms with Gasteiger partial charge in [0.05, 0.1) is 29.7 Å². The zero-order valence-electron chi connectivity index (χ0n) is 16.5. The van der Waals surface area contributed by atoms with E-state index in [9.17, 15) is 19.3 Å². The molecule has 8 nitrogen and oxygen atoms in total. The van der Waals surface area contributed by atoms with Gasteiger partial charge in [0.1, 0.15) is 10.8 Å². The first kappa shape index (κ1) is 20.6. The number of nitro groups is 1. The van der Waals surface area contributed by atoms with Crippen molar-refractivity contribution in [3.63, 3.8) is 0 Å². The lowest BCUT2D eigenvalue weighted by atomic mass is 9.88. The number of aliphatic imine (C=N–C) groups is 1. The summed E-state index contributed by atoms with van der Waals surface area (Å²) >= 11 is 1.40. The van der Waals surface area contributed by atoms with Crippen LogP contribution in [-0.2, 0) is 0 Å². The molecule has 2 amide bonds. The van der Waals surface area contributed by atoms with Crippen LogP contribution in [0.15, 0.2) is 52.8 Å². The summed E-state index contributed by atoms with van der Waals surface area (Å²) in [5.74, 6) is -0.649. The van der Waals surface area contributed by atoms with Crippen molar-refractivity contribution in [2.75, 3.05) is 7.11 Å². The Bertz CT molecular complexity index is 1190. The van der Waals surface area contributed by atoms with Crippen LogP contribution in [0.4, 0.5) is 14.9 Å². The number of urea groups is 1. The average molecular weight is 440 g/mol. The quantitative estimate of drug-likeness (QED) is 0.450. The number of halogens is 1. The van der Waals surface area contributed by atoms with E-state index in [4.69, 9.17) is 9.72 Å². The molecule has 0 radical (unpaired) electrons. The standard InChI is InChI=1S/C21H17FN4O4S/c1-11-18(20-24-16(10-31-20)12-3-6-14(30-2)7-4-12)19(25-21(27)23-11)13-5-8-15(22)17(9-13)26(28)29/h3-10,18-19H,1-2H3,(H,25,27). The first-order valence-corrected chi connectivity index (χ1v) is 10.1. The van der Waals surface area contributed by atoms with Crippen LogP contribution < -0.4 is 10.1 Å². The maximum atomic E-state index is 13.8. The highest BCUT2D eigenvalue weighted by Crippen LogP contribution is 2.39. The van der Waals surface area contributed by atoms with Gasteiger partial charge in [0.15, 0.2) is 0 Å². The number of benzene rings is 2. The summed E-state index contributed by atoms with van der Waals surface area (Å²) in [4.78, 5) is 31.2. The van der Waals surface area contributed by atoms with E-state index in [1.807, 2.05) is 29.6 Å². The Hall–Kier alpha value is -3.66. The molecule has 2 atom stereocenters. The number of thiazole rings is 1. The molecule has 1 aliphatic heterocycles. The maximum absolute atomic E-state index is 13.8. The second kappa shape index (κ2) is 8.23. The van der Waals surface area contributed by atoms with Gasteiger partial charge in [0, 0.05) is 22.7 Å². The molecule has 31 heavy (non-hydrogen) atoms. The second-order valence-corrected chi connectivity index (χ2v) is 7.82. The zero-order valence-corrected chi connectivity index (χ0v) is 17.4. The van der Waals surface area contributed by atoms with Crippen molar-refractivity contribution in [1.82, 2.24) is 10.3 Å². The summed E-state index contributed by atoms with van der Waals surface area (Å²) in [6.45, 7) is 1.71. The number of hydrogen-bond acceptors (Lipinski definition) is 6. The van der Waals surface area contributed by atoms with Crippen molar-refractivity contribution in [2.45, 2.75) is 18.9 Å². The van der Waals surface area contributed by atoms with Crippen LogP contribution in [0.25, 0.3) is 11.3 Å². The van der Waals surface area contributed by atoms with Crippen molar-refractivity contribution < 1.29 is 18.8 Å². The molecule has 2 aromatic carbocycles. The highest BCUT2D eigenvalue weighted by atomic mass is 32.1. The summed E-state index contributed by atoms with van der Waals surface area (Å²) in [6, 6.07) is 9.83. The molecule has 0 saturated heterocycles. The largest absolute Gasteiger partial charge is 0.497 e.